The van der Waals surface area contributed by atoms with E-state index in [4.69, 9.17) is 8.83 Å². The number of nitrogens with zero attached hydrogens (tertiary/aromatic N) is 3. The molecular formula is C9H7N3O4. The minimum atomic E-state index is -0.650. The molecule has 2 aromatic heterocycles. The Morgan fingerprint density at radius 2 is 2.12 bits per heavy atom. The van der Waals surface area contributed by atoms with Gasteiger partial charge in [0.05, 0.1) is 6.20 Å². The van der Waals surface area contributed by atoms with Crippen LogP contribution in [0.4, 0.5) is 5.88 Å². The molecule has 0 saturated carbocycles. The SMILES string of the molecule is Cc1ncc(C=Cc2ncc([N+](=O)[O-])o2)o1. The van der Waals surface area contributed by atoms with E-state index in [9.17, 15) is 10.1 Å². The second-order valence-corrected chi connectivity index (χ2v) is 2.91. The van der Waals surface area contributed by atoms with Gasteiger partial charge < -0.3 is 8.83 Å². The van der Waals surface area contributed by atoms with Gasteiger partial charge in [-0.15, -0.1) is 0 Å². The first-order valence-corrected chi connectivity index (χ1v) is 4.36. The van der Waals surface area contributed by atoms with Crippen molar-refractivity contribution in [3.8, 4) is 0 Å². The van der Waals surface area contributed by atoms with Gasteiger partial charge in [-0.25, -0.2) is 9.97 Å². The molecule has 0 N–H and O–H groups in total. The van der Waals surface area contributed by atoms with Crippen LogP contribution in [0.3, 0.4) is 0 Å². The summed E-state index contributed by atoms with van der Waals surface area (Å²) in [6.07, 6.45) is 5.61. The minimum Gasteiger partial charge on any atom is -0.442 e. The lowest BCUT2D eigenvalue weighted by molar-refractivity contribution is -0.402. The summed E-state index contributed by atoms with van der Waals surface area (Å²) < 4.78 is 9.97. The van der Waals surface area contributed by atoms with Crippen molar-refractivity contribution in [2.75, 3.05) is 0 Å². The number of nitro groups is 1. The van der Waals surface area contributed by atoms with Gasteiger partial charge in [-0.1, -0.05) is 0 Å². The third-order valence-corrected chi connectivity index (χ3v) is 1.72. The van der Waals surface area contributed by atoms with Crippen LogP contribution >= 0.6 is 0 Å². The van der Waals surface area contributed by atoms with Crippen molar-refractivity contribution in [2.45, 2.75) is 6.92 Å². The minimum absolute atomic E-state index is 0.140. The maximum Gasteiger partial charge on any atom is 0.453 e. The first-order chi connectivity index (χ1) is 7.65. The second-order valence-electron chi connectivity index (χ2n) is 2.91. The lowest BCUT2D eigenvalue weighted by Gasteiger charge is -1.82. The summed E-state index contributed by atoms with van der Waals surface area (Å²) in [7, 11) is 0. The molecule has 0 spiro atoms. The van der Waals surface area contributed by atoms with E-state index in [-0.39, 0.29) is 5.89 Å². The third-order valence-electron chi connectivity index (χ3n) is 1.72. The average molecular weight is 221 g/mol. The summed E-state index contributed by atoms with van der Waals surface area (Å²) in [5, 5.41) is 10.3. The molecule has 16 heavy (non-hydrogen) atoms. The van der Waals surface area contributed by atoms with Crippen LogP contribution in [0.2, 0.25) is 0 Å². The van der Waals surface area contributed by atoms with E-state index in [1.54, 1.807) is 13.0 Å². The van der Waals surface area contributed by atoms with Crippen molar-refractivity contribution in [3.63, 3.8) is 0 Å². The molecule has 2 aromatic rings. The quantitative estimate of drug-likeness (QED) is 0.581. The molecule has 0 radical (unpaired) electrons. The number of oxazole rings is 2. The highest BCUT2D eigenvalue weighted by Gasteiger charge is 2.11. The van der Waals surface area contributed by atoms with Crippen molar-refractivity contribution < 1.29 is 13.8 Å². The monoisotopic (exact) mass is 221 g/mol. The fourth-order valence-electron chi connectivity index (χ4n) is 1.05. The third kappa shape index (κ3) is 2.14. The predicted octanol–water partition coefficient (Wildman–Crippen LogP) is 2.05. The highest BCUT2D eigenvalue weighted by Crippen LogP contribution is 2.14. The van der Waals surface area contributed by atoms with E-state index >= 15 is 0 Å². The summed E-state index contributed by atoms with van der Waals surface area (Å²) in [5.41, 5.74) is 0. The molecule has 0 aliphatic heterocycles. The Hall–Kier alpha value is -2.44. The van der Waals surface area contributed by atoms with E-state index in [0.717, 1.165) is 6.20 Å². The smallest absolute Gasteiger partial charge is 0.442 e. The second kappa shape index (κ2) is 3.97. The molecule has 2 rings (SSSR count). The molecule has 0 atom stereocenters. The van der Waals surface area contributed by atoms with Crippen LogP contribution in [-0.2, 0) is 0 Å². The van der Waals surface area contributed by atoms with E-state index in [1.807, 2.05) is 0 Å². The number of hydrogen-bond acceptors (Lipinski definition) is 6. The molecule has 7 heteroatoms. The fraction of sp³-hybridized carbons (Fsp3) is 0.111. The zero-order valence-electron chi connectivity index (χ0n) is 8.28. The fourth-order valence-corrected chi connectivity index (χ4v) is 1.05. The Balaban J connectivity index is 2.14. The largest absolute Gasteiger partial charge is 0.453 e. The molecular weight excluding hydrogens is 214 g/mol. The van der Waals surface area contributed by atoms with Crippen molar-refractivity contribution >= 4 is 18.0 Å². The van der Waals surface area contributed by atoms with Gasteiger partial charge in [0.25, 0.3) is 0 Å². The Morgan fingerprint density at radius 3 is 2.69 bits per heavy atom. The summed E-state index contributed by atoms with van der Waals surface area (Å²) >= 11 is 0. The Labute approximate surface area is 89.6 Å². The summed E-state index contributed by atoms with van der Waals surface area (Å²) in [4.78, 5) is 17.2. The lowest BCUT2D eigenvalue weighted by Crippen LogP contribution is -1.82. The maximum absolute atomic E-state index is 10.3. The van der Waals surface area contributed by atoms with Crippen LogP contribution in [-0.4, -0.2) is 14.9 Å². The van der Waals surface area contributed by atoms with Gasteiger partial charge >= 0.3 is 5.88 Å². The van der Waals surface area contributed by atoms with Gasteiger partial charge in [0.15, 0.2) is 5.89 Å². The van der Waals surface area contributed by atoms with E-state index in [1.165, 1.54) is 12.3 Å². The summed E-state index contributed by atoms with van der Waals surface area (Å²) in [6, 6.07) is 0. The number of rotatable bonds is 3. The molecule has 0 amide bonds. The highest BCUT2D eigenvalue weighted by atomic mass is 16.6. The Kier molecular flexibility index (Phi) is 2.50. The zero-order chi connectivity index (χ0) is 11.5. The van der Waals surface area contributed by atoms with Gasteiger partial charge in [0.1, 0.15) is 16.9 Å². The van der Waals surface area contributed by atoms with Crippen molar-refractivity contribution in [1.29, 1.82) is 0 Å². The average Bonchev–Trinajstić information content (AvgIpc) is 2.83. The van der Waals surface area contributed by atoms with Crippen molar-refractivity contribution in [3.05, 3.63) is 40.0 Å². The predicted molar refractivity (Wildman–Crippen MR) is 53.3 cm³/mol. The number of hydrogen-bond donors (Lipinski definition) is 0. The first-order valence-electron chi connectivity index (χ1n) is 4.36. The summed E-state index contributed by atoms with van der Waals surface area (Å²) in [6.45, 7) is 1.72. The van der Waals surface area contributed by atoms with Gasteiger partial charge in [0.2, 0.25) is 5.89 Å². The van der Waals surface area contributed by atoms with Crippen LogP contribution < -0.4 is 0 Å². The van der Waals surface area contributed by atoms with Crippen molar-refractivity contribution in [1.82, 2.24) is 9.97 Å². The zero-order valence-corrected chi connectivity index (χ0v) is 8.28. The van der Waals surface area contributed by atoms with Gasteiger partial charge in [-0.2, -0.15) is 0 Å². The van der Waals surface area contributed by atoms with Crippen LogP contribution in [0.5, 0.6) is 0 Å². The van der Waals surface area contributed by atoms with Crippen molar-refractivity contribution in [2.24, 2.45) is 0 Å². The normalized spacial score (nSPS) is 11.1. The van der Waals surface area contributed by atoms with Crippen LogP contribution in [0.1, 0.15) is 17.5 Å². The molecule has 82 valence electrons. The van der Waals surface area contributed by atoms with E-state index < -0.39 is 10.8 Å². The molecule has 0 bridgehead atoms. The Bertz CT molecular complexity index is 540. The molecule has 2 heterocycles. The van der Waals surface area contributed by atoms with E-state index in [2.05, 4.69) is 9.97 Å². The van der Waals surface area contributed by atoms with Crippen LogP contribution in [0, 0.1) is 17.0 Å². The summed E-state index contributed by atoms with van der Waals surface area (Å²) in [5.74, 6) is 0.811. The first kappa shape index (κ1) is 10.1. The molecule has 0 aromatic carbocycles. The lowest BCUT2D eigenvalue weighted by atomic mass is 10.4. The maximum atomic E-state index is 10.3. The number of aryl methyl sites for hydroxylation is 1. The Morgan fingerprint density at radius 1 is 1.31 bits per heavy atom. The van der Waals surface area contributed by atoms with Gasteiger partial charge in [0, 0.05) is 13.0 Å². The molecule has 0 aliphatic rings. The van der Waals surface area contributed by atoms with Gasteiger partial charge in [-0.3, -0.25) is 10.1 Å². The molecule has 0 fully saturated rings. The van der Waals surface area contributed by atoms with Crippen LogP contribution in [0.15, 0.2) is 21.2 Å². The topological polar surface area (TPSA) is 95.2 Å². The standard InChI is InChI=1S/C9H7N3O4/c1-6-10-4-7(15-6)2-3-8-11-5-9(16-8)12(13)14/h2-5H,1H3. The number of aromatic nitrogens is 2. The molecule has 0 unspecified atom stereocenters. The van der Waals surface area contributed by atoms with E-state index in [0.29, 0.717) is 11.7 Å². The molecule has 7 nitrogen and oxygen atoms in total. The molecule has 0 saturated heterocycles. The van der Waals surface area contributed by atoms with Gasteiger partial charge in [-0.05, 0) is 6.08 Å². The van der Waals surface area contributed by atoms with Crippen LogP contribution in [0.25, 0.3) is 12.2 Å². The highest BCUT2D eigenvalue weighted by molar-refractivity contribution is 5.62. The molecule has 0 aliphatic carbocycles.